The number of thiazole rings is 1. The summed E-state index contributed by atoms with van der Waals surface area (Å²) in [4.78, 5) is 15.3. The van der Waals surface area contributed by atoms with E-state index in [4.69, 9.17) is 0 Å². The highest BCUT2D eigenvalue weighted by Gasteiger charge is 2.13. The van der Waals surface area contributed by atoms with Crippen molar-refractivity contribution in [1.82, 2.24) is 20.1 Å². The molecule has 3 rings (SSSR count). The van der Waals surface area contributed by atoms with Gasteiger partial charge in [-0.15, -0.1) is 5.10 Å². The number of aromatic hydroxyl groups is 1. The zero-order chi connectivity index (χ0) is 18.0. The Balaban J connectivity index is 1.71. The number of phenolic OH excluding ortho intramolecular Hbond substituents is 1. The summed E-state index contributed by atoms with van der Waals surface area (Å²) in [5.41, 5.74) is 3.30. The van der Waals surface area contributed by atoms with E-state index in [9.17, 15) is 9.90 Å². The van der Waals surface area contributed by atoms with Gasteiger partial charge in [-0.1, -0.05) is 17.4 Å². The van der Waals surface area contributed by atoms with E-state index >= 15 is 0 Å². The van der Waals surface area contributed by atoms with Crippen molar-refractivity contribution in [3.63, 3.8) is 0 Å². The molecule has 0 aliphatic heterocycles. The number of nitrogens with zero attached hydrogens (tertiary/aromatic N) is 3. The maximum Gasteiger partial charge on any atom is 0.216 e. The van der Waals surface area contributed by atoms with Crippen LogP contribution in [0.5, 0.6) is 5.75 Å². The second-order valence-corrected chi connectivity index (χ2v) is 7.02. The van der Waals surface area contributed by atoms with Crippen molar-refractivity contribution < 1.29 is 9.90 Å². The van der Waals surface area contributed by atoms with Gasteiger partial charge in [-0.05, 0) is 37.5 Å². The first-order chi connectivity index (χ1) is 11.9. The number of rotatable bonds is 6. The minimum atomic E-state index is -0.0173. The first-order valence-corrected chi connectivity index (χ1v) is 8.91. The molecule has 7 nitrogen and oxygen atoms in total. The van der Waals surface area contributed by atoms with Gasteiger partial charge in [0.2, 0.25) is 5.91 Å². The molecule has 1 aromatic carbocycles. The Labute approximate surface area is 149 Å². The van der Waals surface area contributed by atoms with Crippen molar-refractivity contribution in [2.75, 3.05) is 18.4 Å². The maximum atomic E-state index is 10.8. The highest BCUT2D eigenvalue weighted by molar-refractivity contribution is 7.22. The predicted octanol–water partition coefficient (Wildman–Crippen LogP) is 2.74. The number of hydrogen-bond acceptors (Lipinski definition) is 6. The van der Waals surface area contributed by atoms with Gasteiger partial charge < -0.3 is 15.7 Å². The zero-order valence-corrected chi connectivity index (χ0v) is 15.3. The normalized spacial score (nSPS) is 11.0. The van der Waals surface area contributed by atoms with Crippen LogP contribution in [0.3, 0.4) is 0 Å². The molecule has 0 atom stereocenters. The van der Waals surface area contributed by atoms with Gasteiger partial charge in [-0.25, -0.2) is 4.68 Å². The molecule has 0 saturated heterocycles. The summed E-state index contributed by atoms with van der Waals surface area (Å²) in [6, 6.07) is 3.74. The molecule has 0 fully saturated rings. The van der Waals surface area contributed by atoms with Crippen LogP contribution < -0.4 is 10.6 Å². The van der Waals surface area contributed by atoms with E-state index in [1.54, 1.807) is 10.7 Å². The number of anilines is 1. The van der Waals surface area contributed by atoms with Crippen molar-refractivity contribution in [3.05, 3.63) is 29.5 Å². The molecule has 0 spiro atoms. The van der Waals surface area contributed by atoms with Crippen molar-refractivity contribution in [1.29, 1.82) is 0 Å². The third-order valence-corrected chi connectivity index (χ3v) is 4.67. The molecule has 0 bridgehead atoms. The number of aryl methyl sites for hydroxylation is 2. The lowest BCUT2D eigenvalue weighted by Gasteiger charge is -2.09. The summed E-state index contributed by atoms with van der Waals surface area (Å²) in [5, 5.41) is 21.5. The average molecular weight is 359 g/mol. The lowest BCUT2D eigenvalue weighted by molar-refractivity contribution is -0.118. The van der Waals surface area contributed by atoms with Crippen LogP contribution >= 0.6 is 11.3 Å². The molecule has 132 valence electrons. The summed E-state index contributed by atoms with van der Waals surface area (Å²) in [6.07, 6.45) is 2.71. The van der Waals surface area contributed by atoms with Gasteiger partial charge in [0.1, 0.15) is 11.4 Å². The molecule has 0 unspecified atom stereocenters. The van der Waals surface area contributed by atoms with Crippen molar-refractivity contribution in [2.24, 2.45) is 0 Å². The summed E-state index contributed by atoms with van der Waals surface area (Å²) >= 11 is 1.52. The average Bonchev–Trinajstić information content (AvgIpc) is 3.03. The fraction of sp³-hybridized carbons (Fsp3) is 0.353. The lowest BCUT2D eigenvalue weighted by atomic mass is 10.1. The Hall–Kier alpha value is -2.61. The van der Waals surface area contributed by atoms with Crippen LogP contribution in [0.1, 0.15) is 24.5 Å². The second kappa shape index (κ2) is 7.10. The molecular formula is C17H21N5O2S. The summed E-state index contributed by atoms with van der Waals surface area (Å²) < 4.78 is 2.63. The van der Waals surface area contributed by atoms with E-state index in [0.717, 1.165) is 33.9 Å². The lowest BCUT2D eigenvalue weighted by Crippen LogP contribution is -2.22. The van der Waals surface area contributed by atoms with Crippen LogP contribution in [0, 0.1) is 13.8 Å². The van der Waals surface area contributed by atoms with E-state index in [0.29, 0.717) is 17.9 Å². The summed E-state index contributed by atoms with van der Waals surface area (Å²) in [6.45, 7) is 6.78. The van der Waals surface area contributed by atoms with Crippen molar-refractivity contribution >= 4 is 32.7 Å². The molecule has 25 heavy (non-hydrogen) atoms. The van der Waals surface area contributed by atoms with E-state index in [1.807, 2.05) is 26.1 Å². The van der Waals surface area contributed by atoms with Crippen LogP contribution in [-0.2, 0) is 4.79 Å². The van der Waals surface area contributed by atoms with Gasteiger partial charge >= 0.3 is 0 Å². The molecule has 0 aliphatic rings. The van der Waals surface area contributed by atoms with Gasteiger partial charge in [-0.3, -0.25) is 4.79 Å². The number of amides is 1. The largest absolute Gasteiger partial charge is 0.506 e. The Morgan fingerprint density at radius 1 is 1.32 bits per heavy atom. The molecule has 1 amide bonds. The van der Waals surface area contributed by atoms with Gasteiger partial charge in [0, 0.05) is 20.0 Å². The minimum absolute atomic E-state index is 0.0173. The molecule has 3 aromatic rings. The molecule has 0 radical (unpaired) electrons. The SMILES string of the molecule is CC(=O)NCCCNc1nc2nn(-c3c(C)cc(C)cc3O)cc2s1. The number of fused-ring (bicyclic) bond motifs is 1. The number of carbonyl (C=O) groups excluding carboxylic acids is 1. The van der Waals surface area contributed by atoms with E-state index < -0.39 is 0 Å². The third kappa shape index (κ3) is 3.90. The number of carbonyl (C=O) groups is 1. The number of phenols is 1. The number of hydrogen-bond donors (Lipinski definition) is 3. The monoisotopic (exact) mass is 359 g/mol. The fourth-order valence-corrected chi connectivity index (χ4v) is 3.54. The highest BCUT2D eigenvalue weighted by atomic mass is 32.1. The zero-order valence-electron chi connectivity index (χ0n) is 14.5. The van der Waals surface area contributed by atoms with Crippen LogP contribution in [0.4, 0.5) is 5.13 Å². The van der Waals surface area contributed by atoms with Crippen LogP contribution in [0.25, 0.3) is 16.0 Å². The number of aromatic nitrogens is 3. The molecule has 0 saturated carbocycles. The molecule has 8 heteroatoms. The third-order valence-electron chi connectivity index (χ3n) is 3.73. The summed E-state index contributed by atoms with van der Waals surface area (Å²) in [5.74, 6) is 0.195. The van der Waals surface area contributed by atoms with Gasteiger partial charge in [0.25, 0.3) is 0 Å². The van der Waals surface area contributed by atoms with Crippen LogP contribution in [0.15, 0.2) is 18.3 Å². The standard InChI is InChI=1S/C17H21N5O2S/c1-10-7-11(2)15(13(24)8-10)22-9-14-16(21-22)20-17(25-14)19-6-4-5-18-12(3)23/h7-9,24H,4-6H2,1-3H3,(H,18,23)(H,19,20,21). The van der Waals surface area contributed by atoms with Gasteiger partial charge in [0.05, 0.1) is 10.9 Å². The first kappa shape index (κ1) is 17.2. The molecule has 2 aromatic heterocycles. The Morgan fingerprint density at radius 2 is 2.12 bits per heavy atom. The van der Waals surface area contributed by atoms with Crippen molar-refractivity contribution in [3.8, 4) is 11.4 Å². The van der Waals surface area contributed by atoms with Gasteiger partial charge in [0.15, 0.2) is 10.8 Å². The number of nitrogens with one attached hydrogen (secondary N) is 2. The first-order valence-electron chi connectivity index (χ1n) is 8.09. The molecule has 2 heterocycles. The van der Waals surface area contributed by atoms with Crippen LogP contribution in [-0.4, -0.2) is 38.9 Å². The molecular weight excluding hydrogens is 338 g/mol. The molecule has 3 N–H and O–H groups in total. The topological polar surface area (TPSA) is 92.1 Å². The fourth-order valence-electron chi connectivity index (χ4n) is 2.70. The van der Waals surface area contributed by atoms with E-state index in [2.05, 4.69) is 20.7 Å². The highest BCUT2D eigenvalue weighted by Crippen LogP contribution is 2.30. The van der Waals surface area contributed by atoms with Crippen molar-refractivity contribution in [2.45, 2.75) is 27.2 Å². The number of benzene rings is 1. The predicted molar refractivity (Wildman–Crippen MR) is 99.7 cm³/mol. The Morgan fingerprint density at radius 3 is 2.80 bits per heavy atom. The Kier molecular flexibility index (Phi) is 4.89. The van der Waals surface area contributed by atoms with Crippen LogP contribution in [0.2, 0.25) is 0 Å². The van der Waals surface area contributed by atoms with Gasteiger partial charge in [-0.2, -0.15) is 4.98 Å². The van der Waals surface area contributed by atoms with E-state index in [1.165, 1.54) is 18.3 Å². The maximum absolute atomic E-state index is 10.8. The summed E-state index contributed by atoms with van der Waals surface area (Å²) in [7, 11) is 0. The quantitative estimate of drug-likeness (QED) is 0.589. The molecule has 0 aliphatic carbocycles. The van der Waals surface area contributed by atoms with E-state index in [-0.39, 0.29) is 11.7 Å². The second-order valence-electron chi connectivity index (χ2n) is 5.99. The minimum Gasteiger partial charge on any atom is -0.506 e. The Bertz CT molecular complexity index is 861. The smallest absolute Gasteiger partial charge is 0.216 e.